The molecule has 0 radical (unpaired) electrons. The molecule has 0 fully saturated rings. The average Bonchev–Trinajstić information content (AvgIpc) is 2.27. The lowest BCUT2D eigenvalue weighted by atomic mass is 10.2. The minimum absolute atomic E-state index is 0.0566. The van der Waals surface area contributed by atoms with Crippen LogP contribution in [0.25, 0.3) is 0 Å². The number of hydrogen-bond donors (Lipinski definition) is 3. The van der Waals surface area contributed by atoms with E-state index in [0.717, 1.165) is 12.5 Å². The van der Waals surface area contributed by atoms with Crippen LogP contribution in [0.3, 0.4) is 0 Å². The fourth-order valence-electron chi connectivity index (χ4n) is 1.38. The maximum atomic E-state index is 11.4. The Kier molecular flexibility index (Phi) is 4.31. The Balaban J connectivity index is 3.30. The van der Waals surface area contributed by atoms with Gasteiger partial charge in [0.2, 0.25) is 10.0 Å². The SMILES string of the molecule is CCC(C)Nc1ccc(C(=O)O)cc1S(N)(=O)=O. The fraction of sp³-hybridized carbons (Fsp3) is 0.364. The molecule has 0 heterocycles. The third-order valence-electron chi connectivity index (χ3n) is 2.55. The predicted molar refractivity (Wildman–Crippen MR) is 68.2 cm³/mol. The van der Waals surface area contributed by atoms with Crippen LogP contribution in [0, 0.1) is 0 Å². The molecule has 0 spiro atoms. The van der Waals surface area contributed by atoms with E-state index >= 15 is 0 Å². The summed E-state index contributed by atoms with van der Waals surface area (Å²) in [6, 6.07) is 3.86. The molecular weight excluding hydrogens is 256 g/mol. The zero-order valence-electron chi connectivity index (χ0n) is 10.2. The topological polar surface area (TPSA) is 109 Å². The van der Waals surface area contributed by atoms with Crippen LogP contribution >= 0.6 is 0 Å². The van der Waals surface area contributed by atoms with E-state index in [2.05, 4.69) is 5.32 Å². The zero-order chi connectivity index (χ0) is 13.9. The van der Waals surface area contributed by atoms with Crippen molar-refractivity contribution in [2.24, 2.45) is 5.14 Å². The van der Waals surface area contributed by atoms with Crippen molar-refractivity contribution in [1.29, 1.82) is 0 Å². The molecule has 4 N–H and O–H groups in total. The Morgan fingerprint density at radius 2 is 2.11 bits per heavy atom. The summed E-state index contributed by atoms with van der Waals surface area (Å²) in [5.74, 6) is -1.20. The van der Waals surface area contributed by atoms with Gasteiger partial charge in [-0.1, -0.05) is 6.92 Å². The van der Waals surface area contributed by atoms with Gasteiger partial charge < -0.3 is 10.4 Å². The van der Waals surface area contributed by atoms with Gasteiger partial charge >= 0.3 is 5.97 Å². The Hall–Kier alpha value is -1.60. The first kappa shape index (κ1) is 14.5. The molecule has 0 aliphatic rings. The lowest BCUT2D eigenvalue weighted by Crippen LogP contribution is -2.20. The standard InChI is InChI=1S/C11H16N2O4S/c1-3-7(2)13-9-5-4-8(11(14)15)6-10(9)18(12,16)17/h4-7,13H,3H2,1-2H3,(H,14,15)(H2,12,16,17). The first-order valence-corrected chi connectivity index (χ1v) is 6.97. The second kappa shape index (κ2) is 5.36. The molecular formula is C11H16N2O4S. The zero-order valence-corrected chi connectivity index (χ0v) is 11.0. The first-order chi connectivity index (χ1) is 8.25. The van der Waals surface area contributed by atoms with Crippen LogP contribution in [0.4, 0.5) is 5.69 Å². The molecule has 1 atom stereocenters. The van der Waals surface area contributed by atoms with Crippen molar-refractivity contribution < 1.29 is 18.3 Å². The van der Waals surface area contributed by atoms with E-state index in [9.17, 15) is 13.2 Å². The average molecular weight is 272 g/mol. The number of carboxylic acid groups (broad SMARTS) is 1. The van der Waals surface area contributed by atoms with Gasteiger partial charge in [-0.2, -0.15) is 0 Å². The van der Waals surface area contributed by atoms with E-state index < -0.39 is 16.0 Å². The van der Waals surface area contributed by atoms with Gasteiger partial charge in [-0.05, 0) is 31.5 Å². The van der Waals surface area contributed by atoms with Crippen molar-refractivity contribution in [3.05, 3.63) is 23.8 Å². The van der Waals surface area contributed by atoms with Crippen LogP contribution < -0.4 is 10.5 Å². The maximum absolute atomic E-state index is 11.4. The molecule has 0 aromatic heterocycles. The van der Waals surface area contributed by atoms with Gasteiger partial charge in [0.15, 0.2) is 0 Å². The van der Waals surface area contributed by atoms with Gasteiger partial charge in [0.1, 0.15) is 4.90 Å². The number of carbonyl (C=O) groups is 1. The number of rotatable bonds is 5. The van der Waals surface area contributed by atoms with E-state index in [4.69, 9.17) is 10.2 Å². The van der Waals surface area contributed by atoms with E-state index in [1.54, 1.807) is 0 Å². The highest BCUT2D eigenvalue weighted by Crippen LogP contribution is 2.23. The van der Waals surface area contributed by atoms with Crippen molar-refractivity contribution in [2.75, 3.05) is 5.32 Å². The highest BCUT2D eigenvalue weighted by atomic mass is 32.2. The minimum atomic E-state index is -3.97. The van der Waals surface area contributed by atoms with Crippen LogP contribution in [-0.2, 0) is 10.0 Å². The highest BCUT2D eigenvalue weighted by molar-refractivity contribution is 7.89. The van der Waals surface area contributed by atoms with Crippen LogP contribution in [0.15, 0.2) is 23.1 Å². The van der Waals surface area contributed by atoms with Crippen molar-refractivity contribution in [3.63, 3.8) is 0 Å². The molecule has 0 amide bonds. The number of primary sulfonamides is 1. The second-order valence-electron chi connectivity index (χ2n) is 4.01. The summed E-state index contributed by atoms with van der Waals surface area (Å²) in [7, 11) is -3.97. The molecule has 0 saturated heterocycles. The summed E-state index contributed by atoms with van der Waals surface area (Å²) < 4.78 is 22.9. The third-order valence-corrected chi connectivity index (χ3v) is 3.50. The Morgan fingerprint density at radius 1 is 1.50 bits per heavy atom. The Bertz CT molecular complexity index is 554. The molecule has 1 aromatic carbocycles. The monoisotopic (exact) mass is 272 g/mol. The van der Waals surface area contributed by atoms with Crippen LogP contribution in [0.2, 0.25) is 0 Å². The van der Waals surface area contributed by atoms with Gasteiger partial charge in [0.05, 0.1) is 11.3 Å². The van der Waals surface area contributed by atoms with E-state index in [0.29, 0.717) is 5.69 Å². The number of sulfonamides is 1. The Labute approximate surface area is 106 Å². The van der Waals surface area contributed by atoms with E-state index in [1.807, 2.05) is 13.8 Å². The lowest BCUT2D eigenvalue weighted by molar-refractivity contribution is 0.0696. The molecule has 0 saturated carbocycles. The molecule has 6 nitrogen and oxygen atoms in total. The Morgan fingerprint density at radius 3 is 2.56 bits per heavy atom. The molecule has 0 bridgehead atoms. The van der Waals surface area contributed by atoms with E-state index in [-0.39, 0.29) is 16.5 Å². The largest absolute Gasteiger partial charge is 0.478 e. The summed E-state index contributed by atoms with van der Waals surface area (Å²) in [6.07, 6.45) is 0.796. The van der Waals surface area contributed by atoms with Crippen molar-refractivity contribution in [2.45, 2.75) is 31.2 Å². The summed E-state index contributed by atoms with van der Waals surface area (Å²) in [6.45, 7) is 3.83. The highest BCUT2D eigenvalue weighted by Gasteiger charge is 2.17. The molecule has 0 aliphatic carbocycles. The minimum Gasteiger partial charge on any atom is -0.478 e. The molecule has 1 aromatic rings. The fourth-order valence-corrected chi connectivity index (χ4v) is 2.10. The summed E-state index contributed by atoms with van der Waals surface area (Å²) in [5.41, 5.74) is 0.200. The molecule has 1 unspecified atom stereocenters. The van der Waals surface area contributed by atoms with Crippen molar-refractivity contribution in [1.82, 2.24) is 0 Å². The summed E-state index contributed by atoms with van der Waals surface area (Å²) in [5, 5.41) is 16.9. The van der Waals surface area contributed by atoms with Crippen molar-refractivity contribution in [3.8, 4) is 0 Å². The molecule has 1 rings (SSSR count). The maximum Gasteiger partial charge on any atom is 0.335 e. The summed E-state index contributed by atoms with van der Waals surface area (Å²) in [4.78, 5) is 10.6. The van der Waals surface area contributed by atoms with Crippen molar-refractivity contribution >= 4 is 21.7 Å². The normalized spacial score (nSPS) is 13.1. The van der Waals surface area contributed by atoms with Gasteiger partial charge in [-0.3, -0.25) is 0 Å². The van der Waals surface area contributed by atoms with Gasteiger partial charge in [-0.15, -0.1) is 0 Å². The molecule has 100 valence electrons. The van der Waals surface area contributed by atoms with E-state index in [1.165, 1.54) is 12.1 Å². The van der Waals surface area contributed by atoms with Gasteiger partial charge in [0, 0.05) is 6.04 Å². The van der Waals surface area contributed by atoms with Gasteiger partial charge in [-0.25, -0.2) is 18.4 Å². The number of benzene rings is 1. The lowest BCUT2D eigenvalue weighted by Gasteiger charge is -2.16. The number of anilines is 1. The quantitative estimate of drug-likeness (QED) is 0.747. The predicted octanol–water partition coefficient (Wildman–Crippen LogP) is 1.24. The van der Waals surface area contributed by atoms with Gasteiger partial charge in [0.25, 0.3) is 0 Å². The second-order valence-corrected chi connectivity index (χ2v) is 5.54. The van der Waals surface area contributed by atoms with Crippen LogP contribution in [0.1, 0.15) is 30.6 Å². The first-order valence-electron chi connectivity index (χ1n) is 5.42. The third kappa shape index (κ3) is 3.44. The number of nitrogens with one attached hydrogen (secondary N) is 1. The van der Waals surface area contributed by atoms with Crippen LogP contribution in [-0.4, -0.2) is 25.5 Å². The molecule has 18 heavy (non-hydrogen) atoms. The van der Waals surface area contributed by atoms with Crippen LogP contribution in [0.5, 0.6) is 0 Å². The number of aromatic carboxylic acids is 1. The molecule has 0 aliphatic heterocycles. The smallest absolute Gasteiger partial charge is 0.335 e. The summed E-state index contributed by atoms with van der Waals surface area (Å²) >= 11 is 0. The molecule has 7 heteroatoms. The number of nitrogens with two attached hydrogens (primary N) is 1. The number of carboxylic acids is 1. The number of hydrogen-bond acceptors (Lipinski definition) is 4.